The van der Waals surface area contributed by atoms with Gasteiger partial charge in [0.2, 0.25) is 15.9 Å². The van der Waals surface area contributed by atoms with Crippen molar-refractivity contribution in [1.29, 1.82) is 0 Å². The van der Waals surface area contributed by atoms with Crippen molar-refractivity contribution >= 4 is 33.4 Å². The fraction of sp³-hybridized carbons (Fsp3) is 0.296. The Balaban J connectivity index is 1.37. The summed E-state index contributed by atoms with van der Waals surface area (Å²) in [5.41, 5.74) is 1.42. The lowest BCUT2D eigenvalue weighted by molar-refractivity contribution is -0.123. The number of likely N-dealkylation sites (tertiary alicyclic amines) is 1. The Labute approximate surface area is 220 Å². The van der Waals surface area contributed by atoms with E-state index in [1.54, 1.807) is 12.1 Å². The monoisotopic (exact) mass is 536 g/mol. The van der Waals surface area contributed by atoms with Crippen LogP contribution in [0.4, 0.5) is 5.69 Å². The van der Waals surface area contributed by atoms with Gasteiger partial charge in [0.1, 0.15) is 6.04 Å². The molecule has 0 spiro atoms. The highest BCUT2D eigenvalue weighted by Crippen LogP contribution is 2.31. The molecule has 2 aromatic carbocycles. The smallest absolute Gasteiger partial charge is 0.290 e. The average Bonchev–Trinajstić information content (AvgIpc) is 3.54. The van der Waals surface area contributed by atoms with E-state index in [1.807, 2.05) is 18.2 Å². The fourth-order valence-electron chi connectivity index (χ4n) is 5.18. The zero-order valence-electron chi connectivity index (χ0n) is 20.6. The molecule has 3 aromatic rings. The first kappa shape index (κ1) is 25.8. The number of furan rings is 1. The summed E-state index contributed by atoms with van der Waals surface area (Å²) in [5.74, 6) is -1.34. The third-order valence-corrected chi connectivity index (χ3v) is 7.98. The molecule has 5 rings (SSSR count). The van der Waals surface area contributed by atoms with Crippen LogP contribution in [0.1, 0.15) is 35.4 Å². The minimum absolute atomic E-state index is 0.105. The van der Waals surface area contributed by atoms with Gasteiger partial charge in [-0.2, -0.15) is 0 Å². The summed E-state index contributed by atoms with van der Waals surface area (Å²) in [6.07, 6.45) is 2.50. The van der Waals surface area contributed by atoms with Crippen LogP contribution < -0.4 is 10.0 Å². The van der Waals surface area contributed by atoms with Gasteiger partial charge in [0.15, 0.2) is 5.76 Å². The molecule has 0 bridgehead atoms. The van der Waals surface area contributed by atoms with Crippen molar-refractivity contribution < 1.29 is 27.2 Å². The third-order valence-electron chi connectivity index (χ3n) is 7.05. The number of sulfonamides is 1. The molecule has 2 fully saturated rings. The van der Waals surface area contributed by atoms with Gasteiger partial charge in [-0.15, -0.1) is 0 Å². The van der Waals surface area contributed by atoms with Crippen LogP contribution in [-0.2, 0) is 26.2 Å². The molecule has 198 valence electrons. The maximum Gasteiger partial charge on any atom is 0.290 e. The second-order valence-corrected chi connectivity index (χ2v) is 11.1. The average molecular weight is 537 g/mol. The molecule has 3 heterocycles. The van der Waals surface area contributed by atoms with Gasteiger partial charge in [-0.3, -0.25) is 19.3 Å². The number of nitrogens with zero attached hydrogens (tertiary/aromatic N) is 3. The van der Waals surface area contributed by atoms with Gasteiger partial charge in [0.25, 0.3) is 11.8 Å². The first-order valence-corrected chi connectivity index (χ1v) is 13.9. The molecule has 3 amide bonds. The minimum atomic E-state index is -3.93. The maximum absolute atomic E-state index is 13.6. The maximum atomic E-state index is 13.6. The van der Waals surface area contributed by atoms with Crippen LogP contribution in [0, 0.1) is 0 Å². The van der Waals surface area contributed by atoms with E-state index in [2.05, 4.69) is 17.0 Å². The number of imide groups is 1. The van der Waals surface area contributed by atoms with E-state index in [9.17, 15) is 22.8 Å². The molecule has 1 atom stereocenters. The molecule has 0 aliphatic carbocycles. The Morgan fingerprint density at radius 2 is 1.66 bits per heavy atom. The highest BCUT2D eigenvalue weighted by atomic mass is 32.2. The predicted molar refractivity (Wildman–Crippen MR) is 138 cm³/mol. The van der Waals surface area contributed by atoms with Crippen LogP contribution in [0.15, 0.2) is 82.3 Å². The molecule has 10 nitrogen and oxygen atoms in total. The Hall–Kier alpha value is -3.80. The van der Waals surface area contributed by atoms with E-state index in [0.717, 1.165) is 24.5 Å². The molecule has 2 saturated heterocycles. The summed E-state index contributed by atoms with van der Waals surface area (Å²) in [6, 6.07) is 17.2. The molecule has 0 radical (unpaired) electrons. The predicted octanol–water partition coefficient (Wildman–Crippen LogP) is 2.37. The number of primary sulfonamides is 1. The Morgan fingerprint density at radius 1 is 0.974 bits per heavy atom. The molecule has 1 unspecified atom stereocenters. The number of piperidine rings is 1. The summed E-state index contributed by atoms with van der Waals surface area (Å²) in [7, 11) is -3.93. The molecule has 1 aromatic heterocycles. The first-order chi connectivity index (χ1) is 18.2. The molecule has 2 aliphatic rings. The van der Waals surface area contributed by atoms with Crippen molar-refractivity contribution in [3.63, 3.8) is 0 Å². The van der Waals surface area contributed by atoms with Gasteiger partial charge in [0.05, 0.1) is 23.3 Å². The highest BCUT2D eigenvalue weighted by molar-refractivity contribution is 7.89. The molecule has 2 aliphatic heterocycles. The van der Waals surface area contributed by atoms with E-state index in [-0.39, 0.29) is 28.8 Å². The summed E-state index contributed by atoms with van der Waals surface area (Å²) < 4.78 is 28.6. The summed E-state index contributed by atoms with van der Waals surface area (Å²) >= 11 is 0. The van der Waals surface area contributed by atoms with E-state index < -0.39 is 33.8 Å². The van der Waals surface area contributed by atoms with Gasteiger partial charge in [-0.05, 0) is 54.8 Å². The lowest BCUT2D eigenvalue weighted by Crippen LogP contribution is -2.54. The number of amides is 3. The van der Waals surface area contributed by atoms with Crippen LogP contribution in [0.5, 0.6) is 0 Å². The number of carbonyl (C=O) groups excluding carboxylic acids is 3. The van der Waals surface area contributed by atoms with E-state index >= 15 is 0 Å². The summed E-state index contributed by atoms with van der Waals surface area (Å²) in [4.78, 5) is 44.9. The highest BCUT2D eigenvalue weighted by Gasteiger charge is 2.47. The molecular formula is C27H28N4O6S. The summed E-state index contributed by atoms with van der Waals surface area (Å²) in [6.45, 7) is 2.26. The van der Waals surface area contributed by atoms with Crippen molar-refractivity contribution in [2.45, 2.75) is 42.8 Å². The van der Waals surface area contributed by atoms with Crippen molar-refractivity contribution in [3.8, 4) is 0 Å². The van der Waals surface area contributed by atoms with Crippen molar-refractivity contribution in [1.82, 2.24) is 9.80 Å². The van der Waals surface area contributed by atoms with Gasteiger partial charge >= 0.3 is 0 Å². The number of nitrogens with two attached hydrogens (primary N) is 1. The number of benzene rings is 2. The molecule has 2 N–H and O–H groups in total. The quantitative estimate of drug-likeness (QED) is 0.458. The van der Waals surface area contributed by atoms with Crippen LogP contribution in [-0.4, -0.2) is 61.1 Å². The largest absolute Gasteiger partial charge is 0.459 e. The number of hydrogen-bond acceptors (Lipinski definition) is 7. The topological polar surface area (TPSA) is 134 Å². The second kappa shape index (κ2) is 10.5. The first-order valence-electron chi connectivity index (χ1n) is 12.3. The standard InChI is InChI=1S/C27H28N4O6S/c28-38(35,36)22-10-8-20(9-11-22)31-25(32)17-23(26(31)33)30(27(34)24-7-4-16-37-24)21-12-14-29(15-13-21)18-19-5-2-1-3-6-19/h1-11,16,21,23H,12-15,17-18H2,(H2,28,35,36). The molecule has 0 saturated carbocycles. The van der Waals surface area contributed by atoms with E-state index in [1.165, 1.54) is 41.0 Å². The number of rotatable bonds is 7. The number of carbonyl (C=O) groups is 3. The number of hydrogen-bond donors (Lipinski definition) is 1. The van der Waals surface area contributed by atoms with E-state index in [4.69, 9.17) is 9.56 Å². The Kier molecular flexibility index (Phi) is 7.15. The zero-order chi connectivity index (χ0) is 26.9. The van der Waals surface area contributed by atoms with Gasteiger partial charge in [0, 0.05) is 25.7 Å². The SMILES string of the molecule is NS(=O)(=O)c1ccc(N2C(=O)CC(N(C(=O)c3ccco3)C3CCN(Cc4ccccc4)CC3)C2=O)cc1. The molecular weight excluding hydrogens is 508 g/mol. The van der Waals surface area contributed by atoms with Crippen LogP contribution in [0.2, 0.25) is 0 Å². The van der Waals surface area contributed by atoms with Crippen LogP contribution in [0.3, 0.4) is 0 Å². The minimum Gasteiger partial charge on any atom is -0.459 e. The molecule has 11 heteroatoms. The Morgan fingerprint density at radius 3 is 2.26 bits per heavy atom. The van der Waals surface area contributed by atoms with Gasteiger partial charge in [-0.1, -0.05) is 30.3 Å². The summed E-state index contributed by atoms with van der Waals surface area (Å²) in [5, 5.41) is 5.16. The van der Waals surface area contributed by atoms with Crippen LogP contribution in [0.25, 0.3) is 0 Å². The lowest BCUT2D eigenvalue weighted by Gasteiger charge is -2.40. The van der Waals surface area contributed by atoms with Crippen molar-refractivity contribution in [2.24, 2.45) is 5.14 Å². The van der Waals surface area contributed by atoms with Gasteiger partial charge in [-0.25, -0.2) is 18.5 Å². The number of anilines is 1. The Bertz CT molecular complexity index is 1420. The van der Waals surface area contributed by atoms with Crippen molar-refractivity contribution in [2.75, 3.05) is 18.0 Å². The normalized spacial score (nSPS) is 19.2. The van der Waals surface area contributed by atoms with E-state index in [0.29, 0.717) is 12.8 Å². The fourth-order valence-corrected chi connectivity index (χ4v) is 5.69. The van der Waals surface area contributed by atoms with Crippen molar-refractivity contribution in [3.05, 3.63) is 84.3 Å². The van der Waals surface area contributed by atoms with Gasteiger partial charge < -0.3 is 9.32 Å². The van der Waals surface area contributed by atoms with Crippen LogP contribution >= 0.6 is 0 Å². The lowest BCUT2D eigenvalue weighted by atomic mass is 9.99. The third kappa shape index (κ3) is 5.26. The zero-order valence-corrected chi connectivity index (χ0v) is 21.4. The second-order valence-electron chi connectivity index (χ2n) is 9.51. The molecule has 38 heavy (non-hydrogen) atoms.